The number of hydrogen-bond donors (Lipinski definition) is 1. The topological polar surface area (TPSA) is 69.2 Å². The number of hydrogen-bond acceptors (Lipinski definition) is 7. The highest BCUT2D eigenvalue weighted by Crippen LogP contribution is 2.41. The number of nitrogens with one attached hydrogen (secondary N) is 1. The summed E-state index contributed by atoms with van der Waals surface area (Å²) in [6, 6.07) is 12.1. The molecular weight excluding hydrogens is 476 g/mol. The normalized spacial score (nSPS) is 14.6. The fraction of sp³-hybridized carbons (Fsp3) is 0.348. The second kappa shape index (κ2) is 9.87. The van der Waals surface area contributed by atoms with Gasteiger partial charge in [-0.1, -0.05) is 41.0 Å². The number of rotatable bonds is 7. The molecule has 31 heavy (non-hydrogen) atoms. The number of thioether (sulfide) groups is 1. The predicted molar refractivity (Wildman–Crippen MR) is 128 cm³/mol. The van der Waals surface area contributed by atoms with Crippen molar-refractivity contribution in [3.63, 3.8) is 0 Å². The number of anilines is 1. The molecule has 3 aromatic rings. The van der Waals surface area contributed by atoms with E-state index in [1.165, 1.54) is 0 Å². The maximum atomic E-state index is 6.37. The van der Waals surface area contributed by atoms with Gasteiger partial charge in [0.1, 0.15) is 5.75 Å². The van der Waals surface area contributed by atoms with Crippen molar-refractivity contribution in [2.45, 2.75) is 45.0 Å². The van der Waals surface area contributed by atoms with Gasteiger partial charge < -0.3 is 14.8 Å². The molecule has 2 aromatic carbocycles. The average molecular weight is 501 g/mol. The van der Waals surface area contributed by atoms with Crippen LogP contribution < -0.4 is 14.8 Å². The molecule has 1 atom stereocenters. The molecule has 2 heterocycles. The predicted octanol–water partition coefficient (Wildman–Crippen LogP) is 6.40. The highest BCUT2D eigenvalue weighted by molar-refractivity contribution is 9.10. The van der Waals surface area contributed by atoms with Crippen LogP contribution in [0.1, 0.15) is 44.0 Å². The van der Waals surface area contributed by atoms with Gasteiger partial charge in [-0.15, -0.1) is 10.2 Å². The van der Waals surface area contributed by atoms with Crippen LogP contribution in [0.3, 0.4) is 0 Å². The number of benzene rings is 2. The van der Waals surface area contributed by atoms with Crippen molar-refractivity contribution in [1.29, 1.82) is 0 Å². The lowest BCUT2D eigenvalue weighted by atomic mass is 10.1. The van der Waals surface area contributed by atoms with Crippen LogP contribution in [0.15, 0.2) is 46.0 Å². The number of fused-ring (bicyclic) bond motifs is 3. The Hall–Kier alpha value is -2.32. The van der Waals surface area contributed by atoms with E-state index in [-0.39, 0.29) is 0 Å². The quantitative estimate of drug-likeness (QED) is 0.297. The Labute approximate surface area is 195 Å². The van der Waals surface area contributed by atoms with Gasteiger partial charge in [-0.3, -0.25) is 0 Å². The van der Waals surface area contributed by atoms with Gasteiger partial charge in [0.15, 0.2) is 11.9 Å². The molecule has 6 nitrogen and oxygen atoms in total. The van der Waals surface area contributed by atoms with E-state index in [2.05, 4.69) is 44.4 Å². The molecule has 8 heteroatoms. The lowest BCUT2D eigenvalue weighted by molar-refractivity contribution is 0.225. The summed E-state index contributed by atoms with van der Waals surface area (Å²) >= 11 is 5.17. The summed E-state index contributed by atoms with van der Waals surface area (Å²) in [6.45, 7) is 6.83. The minimum atomic E-state index is -0.416. The Kier molecular flexibility index (Phi) is 6.97. The molecule has 0 saturated carbocycles. The summed E-state index contributed by atoms with van der Waals surface area (Å²) in [5.41, 5.74) is 4.50. The van der Waals surface area contributed by atoms with Crippen molar-refractivity contribution in [2.75, 3.05) is 17.7 Å². The van der Waals surface area contributed by atoms with Gasteiger partial charge in [0.2, 0.25) is 11.0 Å². The first-order valence-electron chi connectivity index (χ1n) is 10.4. The summed E-state index contributed by atoms with van der Waals surface area (Å²) in [5.74, 6) is 2.32. The molecular formula is C23H25BrN4O2S. The number of halogens is 1. The van der Waals surface area contributed by atoms with E-state index in [1.54, 1.807) is 11.8 Å². The third-order valence-electron chi connectivity index (χ3n) is 4.92. The van der Waals surface area contributed by atoms with Crippen molar-refractivity contribution >= 4 is 33.4 Å². The third kappa shape index (κ3) is 4.96. The van der Waals surface area contributed by atoms with Crippen LogP contribution >= 0.6 is 27.7 Å². The Balaban J connectivity index is 1.73. The number of aromatic nitrogens is 3. The summed E-state index contributed by atoms with van der Waals surface area (Å²) < 4.78 is 13.0. The van der Waals surface area contributed by atoms with Crippen LogP contribution in [0.5, 0.6) is 11.6 Å². The zero-order chi connectivity index (χ0) is 21.8. The van der Waals surface area contributed by atoms with Gasteiger partial charge in [-0.25, -0.2) is 0 Å². The van der Waals surface area contributed by atoms with E-state index in [9.17, 15) is 0 Å². The molecule has 0 saturated heterocycles. The largest absolute Gasteiger partial charge is 0.494 e. The van der Waals surface area contributed by atoms with Gasteiger partial charge in [0.25, 0.3) is 0 Å². The second-order valence-electron chi connectivity index (χ2n) is 7.24. The SMILES string of the molecule is CCCCSc1nnc2c(n1)OC(c1ccc(OCC)c(C)c1)Nc1ccc(Br)cc1-2. The molecule has 1 N–H and O–H groups in total. The summed E-state index contributed by atoms with van der Waals surface area (Å²) in [4.78, 5) is 4.71. The number of aryl methyl sites for hydroxylation is 1. The zero-order valence-electron chi connectivity index (χ0n) is 17.8. The Morgan fingerprint density at radius 1 is 1.16 bits per heavy atom. The number of unbranched alkanes of at least 4 members (excludes halogenated alkanes) is 1. The molecule has 0 aliphatic carbocycles. The van der Waals surface area contributed by atoms with Crippen molar-refractivity contribution < 1.29 is 9.47 Å². The maximum Gasteiger partial charge on any atom is 0.247 e. The van der Waals surface area contributed by atoms with Gasteiger partial charge in [-0.05, 0) is 62.2 Å². The molecule has 4 rings (SSSR count). The molecule has 1 aliphatic rings. The number of ether oxygens (including phenoxy) is 2. The van der Waals surface area contributed by atoms with Crippen LogP contribution in [-0.2, 0) is 0 Å². The maximum absolute atomic E-state index is 6.37. The van der Waals surface area contributed by atoms with Crippen LogP contribution in [0.25, 0.3) is 11.3 Å². The van der Waals surface area contributed by atoms with Crippen LogP contribution in [0, 0.1) is 6.92 Å². The smallest absolute Gasteiger partial charge is 0.247 e. The Bertz CT molecular complexity index is 1080. The van der Waals surface area contributed by atoms with E-state index in [1.807, 2.05) is 44.2 Å². The second-order valence-corrected chi connectivity index (χ2v) is 9.22. The lowest BCUT2D eigenvalue weighted by Gasteiger charge is -2.20. The molecule has 1 unspecified atom stereocenters. The fourth-order valence-electron chi connectivity index (χ4n) is 3.34. The summed E-state index contributed by atoms with van der Waals surface area (Å²) in [7, 11) is 0. The van der Waals surface area contributed by atoms with E-state index in [0.29, 0.717) is 23.3 Å². The zero-order valence-corrected chi connectivity index (χ0v) is 20.2. The monoisotopic (exact) mass is 500 g/mol. The average Bonchev–Trinajstić information content (AvgIpc) is 2.92. The first kappa shape index (κ1) is 21.9. The fourth-order valence-corrected chi connectivity index (χ4v) is 4.57. The Morgan fingerprint density at radius 2 is 2.03 bits per heavy atom. The van der Waals surface area contributed by atoms with Gasteiger partial charge in [0.05, 0.1) is 6.61 Å². The summed E-state index contributed by atoms with van der Waals surface area (Å²) in [5, 5.41) is 13.0. The molecule has 0 bridgehead atoms. The van der Waals surface area contributed by atoms with Gasteiger partial charge in [0, 0.05) is 27.0 Å². The standard InChI is InChI=1S/C23H25BrN4O2S/c1-4-6-11-31-23-26-22-20(27-28-23)17-13-16(24)8-9-18(17)25-21(30-22)15-7-10-19(29-5-2)14(3)12-15/h7-10,12-13,21,25H,4-6,11H2,1-3H3. The molecule has 0 amide bonds. The van der Waals surface area contributed by atoms with Gasteiger partial charge >= 0.3 is 0 Å². The molecule has 1 aromatic heterocycles. The molecule has 0 radical (unpaired) electrons. The van der Waals surface area contributed by atoms with Crippen LogP contribution in [-0.4, -0.2) is 27.5 Å². The minimum absolute atomic E-state index is 0.416. The highest BCUT2D eigenvalue weighted by Gasteiger charge is 2.26. The third-order valence-corrected chi connectivity index (χ3v) is 6.34. The molecule has 0 spiro atoms. The van der Waals surface area contributed by atoms with E-state index >= 15 is 0 Å². The van der Waals surface area contributed by atoms with Crippen LogP contribution in [0.2, 0.25) is 0 Å². The van der Waals surface area contributed by atoms with Crippen molar-refractivity contribution in [1.82, 2.24) is 15.2 Å². The summed E-state index contributed by atoms with van der Waals surface area (Å²) in [6.07, 6.45) is 1.82. The molecule has 162 valence electrons. The minimum Gasteiger partial charge on any atom is -0.494 e. The highest BCUT2D eigenvalue weighted by atomic mass is 79.9. The first-order chi connectivity index (χ1) is 15.1. The Morgan fingerprint density at radius 3 is 2.81 bits per heavy atom. The van der Waals surface area contributed by atoms with E-state index < -0.39 is 6.23 Å². The van der Waals surface area contributed by atoms with Crippen molar-refractivity contribution in [2.24, 2.45) is 0 Å². The first-order valence-corrected chi connectivity index (χ1v) is 12.2. The van der Waals surface area contributed by atoms with Gasteiger partial charge in [-0.2, -0.15) is 4.98 Å². The lowest BCUT2D eigenvalue weighted by Crippen LogP contribution is -2.17. The number of nitrogens with zero attached hydrogens (tertiary/aromatic N) is 3. The van der Waals surface area contributed by atoms with Crippen molar-refractivity contribution in [3.8, 4) is 22.9 Å². The molecule has 0 fully saturated rings. The van der Waals surface area contributed by atoms with Crippen LogP contribution in [0.4, 0.5) is 5.69 Å². The van der Waals surface area contributed by atoms with Crippen molar-refractivity contribution in [3.05, 3.63) is 52.0 Å². The molecule has 1 aliphatic heterocycles. The van der Waals surface area contributed by atoms with E-state index in [4.69, 9.17) is 14.5 Å². The van der Waals surface area contributed by atoms with E-state index in [0.717, 1.165) is 51.2 Å².